The number of rotatable bonds is 1. The van der Waals surface area contributed by atoms with Crippen LogP contribution >= 0.6 is 0 Å². The van der Waals surface area contributed by atoms with Crippen LogP contribution in [0.5, 0.6) is 0 Å². The molecule has 1 N–H and O–H groups in total. The van der Waals surface area contributed by atoms with Crippen molar-refractivity contribution in [3.05, 3.63) is 11.8 Å². The minimum Gasteiger partial charge on any atom is -0.304 e. The molecule has 0 saturated heterocycles. The maximum atomic E-state index is 11.0. The highest BCUT2D eigenvalue weighted by Gasteiger charge is 2.06. The second kappa shape index (κ2) is 4.54. The lowest BCUT2D eigenvalue weighted by Gasteiger charge is -2.11. The zero-order valence-electron chi connectivity index (χ0n) is 7.84. The Morgan fingerprint density at radius 2 is 1.75 bits per heavy atom. The Morgan fingerprint density at radius 1 is 1.25 bits per heavy atom. The van der Waals surface area contributed by atoms with Crippen LogP contribution in [0.3, 0.4) is 0 Å². The van der Waals surface area contributed by atoms with Gasteiger partial charge in [-0.15, -0.1) is 0 Å². The van der Waals surface area contributed by atoms with Crippen LogP contribution in [-0.4, -0.2) is 23.9 Å². The molecule has 0 radical (unpaired) electrons. The molecule has 0 aromatic rings. The predicted molar refractivity (Wildman–Crippen MR) is 46.4 cm³/mol. The quantitative estimate of drug-likeness (QED) is 0.640. The van der Waals surface area contributed by atoms with Gasteiger partial charge in [0.05, 0.1) is 0 Å². The zero-order valence-corrected chi connectivity index (χ0v) is 7.84. The van der Waals surface area contributed by atoms with Crippen LogP contribution in [0.15, 0.2) is 11.8 Å². The van der Waals surface area contributed by atoms with Gasteiger partial charge in [0.2, 0.25) is 5.91 Å². The first-order valence-electron chi connectivity index (χ1n) is 3.63. The molecule has 68 valence electrons. The Bertz CT molecular complexity index is 217. The van der Waals surface area contributed by atoms with Crippen LogP contribution in [-0.2, 0) is 4.79 Å². The monoisotopic (exact) mass is 170 g/mol. The summed E-state index contributed by atoms with van der Waals surface area (Å²) in [5.41, 5.74) is 0.996. The molecule has 0 unspecified atom stereocenters. The summed E-state index contributed by atoms with van der Waals surface area (Å²) in [6.07, 6.45) is 1.65. The van der Waals surface area contributed by atoms with E-state index in [0.29, 0.717) is 0 Å². The predicted octanol–water partition coefficient (Wildman–Crippen LogP) is 1.10. The molecular weight excluding hydrogens is 156 g/mol. The van der Waals surface area contributed by atoms with Crippen LogP contribution in [0, 0.1) is 0 Å². The number of imide groups is 1. The molecule has 0 bridgehead atoms. The highest BCUT2D eigenvalue weighted by atomic mass is 16.2. The van der Waals surface area contributed by atoms with Gasteiger partial charge in [-0.2, -0.15) is 0 Å². The Labute approximate surface area is 72.2 Å². The molecule has 0 aromatic carbocycles. The molecule has 0 aliphatic carbocycles. The van der Waals surface area contributed by atoms with Gasteiger partial charge in [0, 0.05) is 20.2 Å². The van der Waals surface area contributed by atoms with Crippen molar-refractivity contribution in [2.24, 2.45) is 0 Å². The summed E-state index contributed by atoms with van der Waals surface area (Å²) in [6, 6.07) is -0.413. The lowest BCUT2D eigenvalue weighted by Crippen LogP contribution is -2.36. The van der Waals surface area contributed by atoms with Crippen LogP contribution in [0.4, 0.5) is 4.79 Å². The highest BCUT2D eigenvalue weighted by molar-refractivity contribution is 5.93. The molecule has 0 aliphatic rings. The maximum absolute atomic E-state index is 11.0. The first-order chi connectivity index (χ1) is 5.43. The molecular formula is C8H14N2O2. The molecule has 0 fully saturated rings. The summed E-state index contributed by atoms with van der Waals surface area (Å²) in [6.45, 7) is 5.04. The third-order valence-electron chi connectivity index (χ3n) is 1.06. The van der Waals surface area contributed by atoms with Gasteiger partial charge in [-0.1, -0.05) is 5.57 Å². The maximum Gasteiger partial charge on any atom is 0.327 e. The van der Waals surface area contributed by atoms with Gasteiger partial charge in [-0.25, -0.2) is 4.79 Å². The number of hydrogen-bond acceptors (Lipinski definition) is 2. The standard InChI is InChI=1S/C8H14N2O2/c1-6(2)5-10(4)8(12)9-7(3)11/h5H,1-4H3,(H,9,11,12). The summed E-state index contributed by atoms with van der Waals surface area (Å²) < 4.78 is 0. The van der Waals surface area contributed by atoms with E-state index in [0.717, 1.165) is 5.57 Å². The lowest BCUT2D eigenvalue weighted by molar-refractivity contribution is -0.118. The van der Waals surface area contributed by atoms with E-state index in [-0.39, 0.29) is 5.91 Å². The fourth-order valence-corrected chi connectivity index (χ4v) is 0.685. The van der Waals surface area contributed by atoms with Crippen molar-refractivity contribution in [2.75, 3.05) is 7.05 Å². The number of carbonyl (C=O) groups is 2. The summed E-state index contributed by atoms with van der Waals surface area (Å²) in [7, 11) is 1.59. The Hall–Kier alpha value is -1.32. The van der Waals surface area contributed by atoms with Crippen molar-refractivity contribution in [1.29, 1.82) is 0 Å². The molecule has 0 spiro atoms. The number of nitrogens with one attached hydrogen (secondary N) is 1. The second-order valence-electron chi connectivity index (χ2n) is 2.80. The van der Waals surface area contributed by atoms with E-state index in [9.17, 15) is 9.59 Å². The fourth-order valence-electron chi connectivity index (χ4n) is 0.685. The van der Waals surface area contributed by atoms with E-state index in [4.69, 9.17) is 0 Å². The molecule has 0 rings (SSSR count). The van der Waals surface area contributed by atoms with Gasteiger partial charge in [0.15, 0.2) is 0 Å². The molecule has 0 heterocycles. The van der Waals surface area contributed by atoms with E-state index in [1.54, 1.807) is 13.2 Å². The normalized spacial score (nSPS) is 8.67. The number of amides is 3. The van der Waals surface area contributed by atoms with Crippen LogP contribution in [0.25, 0.3) is 0 Å². The van der Waals surface area contributed by atoms with Gasteiger partial charge >= 0.3 is 6.03 Å². The zero-order chi connectivity index (χ0) is 9.72. The van der Waals surface area contributed by atoms with Crippen LogP contribution in [0.2, 0.25) is 0 Å². The van der Waals surface area contributed by atoms with E-state index in [1.165, 1.54) is 11.8 Å². The number of carbonyl (C=O) groups excluding carboxylic acids is 2. The third-order valence-corrected chi connectivity index (χ3v) is 1.06. The molecule has 4 nitrogen and oxygen atoms in total. The molecule has 3 amide bonds. The summed E-state index contributed by atoms with van der Waals surface area (Å²) in [4.78, 5) is 22.8. The molecule has 0 atom stereocenters. The van der Waals surface area contributed by atoms with Gasteiger partial charge in [0.25, 0.3) is 0 Å². The van der Waals surface area contributed by atoms with Crippen molar-refractivity contribution in [3.8, 4) is 0 Å². The number of hydrogen-bond donors (Lipinski definition) is 1. The Balaban J connectivity index is 4.11. The summed E-state index contributed by atoms with van der Waals surface area (Å²) in [5.74, 6) is -0.353. The van der Waals surface area contributed by atoms with Crippen LogP contribution < -0.4 is 5.32 Å². The van der Waals surface area contributed by atoms with Crippen LogP contribution in [0.1, 0.15) is 20.8 Å². The minimum absolute atomic E-state index is 0.353. The van der Waals surface area contributed by atoms with E-state index in [2.05, 4.69) is 5.32 Å². The fraction of sp³-hybridized carbons (Fsp3) is 0.500. The van der Waals surface area contributed by atoms with Crippen molar-refractivity contribution in [3.63, 3.8) is 0 Å². The molecule has 0 aliphatic heterocycles. The molecule has 4 heteroatoms. The van der Waals surface area contributed by atoms with E-state index >= 15 is 0 Å². The smallest absolute Gasteiger partial charge is 0.304 e. The average Bonchev–Trinajstić information content (AvgIpc) is 1.84. The van der Waals surface area contributed by atoms with E-state index in [1.807, 2.05) is 13.8 Å². The van der Waals surface area contributed by atoms with Gasteiger partial charge < -0.3 is 4.90 Å². The second-order valence-corrected chi connectivity index (χ2v) is 2.80. The van der Waals surface area contributed by atoms with E-state index < -0.39 is 6.03 Å². The summed E-state index contributed by atoms with van der Waals surface area (Å²) in [5, 5.41) is 2.15. The van der Waals surface area contributed by atoms with Gasteiger partial charge in [0.1, 0.15) is 0 Å². The molecule has 0 saturated carbocycles. The Morgan fingerprint density at radius 3 is 2.08 bits per heavy atom. The van der Waals surface area contributed by atoms with Crippen molar-refractivity contribution in [1.82, 2.24) is 10.2 Å². The minimum atomic E-state index is -0.413. The number of allylic oxidation sites excluding steroid dienone is 1. The molecule has 0 aromatic heterocycles. The number of urea groups is 1. The summed E-state index contributed by atoms with van der Waals surface area (Å²) >= 11 is 0. The SMILES string of the molecule is CC(=O)NC(=O)N(C)C=C(C)C. The van der Waals surface area contributed by atoms with Crippen molar-refractivity contribution >= 4 is 11.9 Å². The third kappa shape index (κ3) is 4.49. The lowest BCUT2D eigenvalue weighted by atomic mass is 10.4. The largest absolute Gasteiger partial charge is 0.327 e. The topological polar surface area (TPSA) is 49.4 Å². The molecule has 12 heavy (non-hydrogen) atoms. The average molecular weight is 170 g/mol. The van der Waals surface area contributed by atoms with Gasteiger partial charge in [-0.05, 0) is 13.8 Å². The van der Waals surface area contributed by atoms with Crippen molar-refractivity contribution in [2.45, 2.75) is 20.8 Å². The first kappa shape index (κ1) is 10.7. The Kier molecular flexibility index (Phi) is 4.04. The van der Waals surface area contributed by atoms with Crippen molar-refractivity contribution < 1.29 is 9.59 Å². The number of nitrogens with zero attached hydrogens (tertiary/aromatic N) is 1. The van der Waals surface area contributed by atoms with Gasteiger partial charge in [-0.3, -0.25) is 10.1 Å². The highest BCUT2D eigenvalue weighted by Crippen LogP contribution is 1.93. The first-order valence-corrected chi connectivity index (χ1v) is 3.63.